The van der Waals surface area contributed by atoms with Crippen LogP contribution in [0.25, 0.3) is 51.5 Å². The second kappa shape index (κ2) is 6.39. The van der Waals surface area contributed by atoms with E-state index in [1.807, 2.05) is 22.7 Å². The van der Waals surface area contributed by atoms with Crippen molar-refractivity contribution < 1.29 is 0 Å². The van der Waals surface area contributed by atoms with Gasteiger partial charge in [0.15, 0.2) is 0 Å². The molecule has 6 rings (SSSR count). The van der Waals surface area contributed by atoms with E-state index < -0.39 is 0 Å². The molecule has 134 valence electrons. The quantitative estimate of drug-likeness (QED) is 0.201. The standard InChI is InChI=1S/C24H12Br2S2/c25-21-15(9-11-17-13-5-1-3-7-19(13)27-23(17)21)16-10-12-18-14-6-2-4-8-20(14)28-24(18)22(16)26/h1-12H. The lowest BCUT2D eigenvalue weighted by atomic mass is 10.0. The van der Waals surface area contributed by atoms with Crippen molar-refractivity contribution in [2.24, 2.45) is 0 Å². The molecule has 6 aromatic rings. The van der Waals surface area contributed by atoms with Gasteiger partial charge in [0.2, 0.25) is 0 Å². The van der Waals surface area contributed by atoms with E-state index >= 15 is 0 Å². The molecular weight excluding hydrogens is 512 g/mol. The summed E-state index contributed by atoms with van der Waals surface area (Å²) in [6.07, 6.45) is 0. The van der Waals surface area contributed by atoms with Gasteiger partial charge in [0.1, 0.15) is 0 Å². The largest absolute Gasteiger partial charge is 0.134 e. The summed E-state index contributed by atoms with van der Waals surface area (Å²) in [5, 5.41) is 5.29. The van der Waals surface area contributed by atoms with Gasteiger partial charge >= 0.3 is 0 Å². The van der Waals surface area contributed by atoms with Crippen molar-refractivity contribution in [3.8, 4) is 11.1 Å². The van der Waals surface area contributed by atoms with Crippen molar-refractivity contribution in [3.05, 3.63) is 81.7 Å². The minimum atomic E-state index is 1.17. The molecule has 0 N–H and O–H groups in total. The van der Waals surface area contributed by atoms with Gasteiger partial charge in [-0.25, -0.2) is 0 Å². The molecule has 0 nitrogen and oxygen atoms in total. The molecule has 0 saturated heterocycles. The Morgan fingerprint density at radius 3 is 1.36 bits per heavy atom. The molecule has 0 spiro atoms. The van der Waals surface area contributed by atoms with Crippen LogP contribution >= 0.6 is 54.5 Å². The zero-order valence-electron chi connectivity index (χ0n) is 14.5. The molecule has 28 heavy (non-hydrogen) atoms. The van der Waals surface area contributed by atoms with Crippen LogP contribution in [0.5, 0.6) is 0 Å². The molecular formula is C24H12Br2S2. The molecule has 0 amide bonds. The average molecular weight is 524 g/mol. The summed E-state index contributed by atoms with van der Waals surface area (Å²) < 4.78 is 7.62. The first-order chi connectivity index (χ1) is 13.7. The predicted molar refractivity (Wildman–Crippen MR) is 133 cm³/mol. The summed E-state index contributed by atoms with van der Waals surface area (Å²) in [6, 6.07) is 26.3. The van der Waals surface area contributed by atoms with Crippen LogP contribution in [0.3, 0.4) is 0 Å². The first-order valence-electron chi connectivity index (χ1n) is 8.92. The van der Waals surface area contributed by atoms with Crippen molar-refractivity contribution in [3.63, 3.8) is 0 Å². The molecule has 0 bridgehead atoms. The highest BCUT2D eigenvalue weighted by molar-refractivity contribution is 9.11. The van der Waals surface area contributed by atoms with Crippen LogP contribution in [0.15, 0.2) is 81.7 Å². The van der Waals surface area contributed by atoms with Gasteiger partial charge in [-0.05, 0) is 55.1 Å². The molecule has 0 aliphatic rings. The van der Waals surface area contributed by atoms with Gasteiger partial charge in [0.25, 0.3) is 0 Å². The maximum Gasteiger partial charge on any atom is 0.0503 e. The summed E-state index contributed by atoms with van der Waals surface area (Å²) in [7, 11) is 0. The molecule has 0 unspecified atom stereocenters. The summed E-state index contributed by atoms with van der Waals surface area (Å²) in [5.41, 5.74) is 2.45. The number of thiophene rings is 2. The van der Waals surface area contributed by atoms with E-state index in [9.17, 15) is 0 Å². The van der Waals surface area contributed by atoms with Gasteiger partial charge in [-0.2, -0.15) is 0 Å². The smallest absolute Gasteiger partial charge is 0.0503 e. The van der Waals surface area contributed by atoms with E-state index in [1.54, 1.807) is 0 Å². The van der Waals surface area contributed by atoms with Crippen LogP contribution in [0, 0.1) is 0 Å². The Morgan fingerprint density at radius 2 is 0.893 bits per heavy atom. The fourth-order valence-corrected chi connectivity index (χ4v) is 7.82. The molecule has 0 fully saturated rings. The van der Waals surface area contributed by atoms with E-state index in [0.717, 1.165) is 0 Å². The maximum absolute atomic E-state index is 3.92. The molecule has 4 aromatic carbocycles. The van der Waals surface area contributed by atoms with Crippen LogP contribution in [0.4, 0.5) is 0 Å². The summed E-state index contributed by atoms with van der Waals surface area (Å²) in [6.45, 7) is 0. The lowest BCUT2D eigenvalue weighted by Crippen LogP contribution is -1.83. The van der Waals surface area contributed by atoms with Crippen LogP contribution < -0.4 is 0 Å². The summed E-state index contributed by atoms with van der Waals surface area (Å²) in [5.74, 6) is 0. The number of hydrogen-bond donors (Lipinski definition) is 0. The van der Waals surface area contributed by atoms with Gasteiger partial charge < -0.3 is 0 Å². The minimum absolute atomic E-state index is 1.17. The highest BCUT2D eigenvalue weighted by Gasteiger charge is 2.17. The minimum Gasteiger partial charge on any atom is -0.134 e. The predicted octanol–water partition coefficient (Wildman–Crippen LogP) is 9.61. The van der Waals surface area contributed by atoms with Gasteiger partial charge in [-0.3, -0.25) is 0 Å². The third kappa shape index (κ3) is 2.38. The van der Waals surface area contributed by atoms with Crippen LogP contribution in [0.2, 0.25) is 0 Å². The number of rotatable bonds is 1. The maximum atomic E-state index is 3.92. The first-order valence-corrected chi connectivity index (χ1v) is 12.1. The zero-order valence-corrected chi connectivity index (χ0v) is 19.3. The van der Waals surface area contributed by atoms with E-state index in [4.69, 9.17) is 0 Å². The van der Waals surface area contributed by atoms with Crippen LogP contribution in [0.1, 0.15) is 0 Å². The second-order valence-corrected chi connectivity index (χ2v) is 10.5. The van der Waals surface area contributed by atoms with Crippen molar-refractivity contribution in [1.29, 1.82) is 0 Å². The third-order valence-electron chi connectivity index (χ3n) is 5.26. The average Bonchev–Trinajstić information content (AvgIpc) is 3.29. The van der Waals surface area contributed by atoms with Crippen molar-refractivity contribution in [2.75, 3.05) is 0 Å². The number of hydrogen-bond acceptors (Lipinski definition) is 2. The molecule has 4 heteroatoms. The van der Waals surface area contributed by atoms with Gasteiger partial charge in [0, 0.05) is 39.9 Å². The van der Waals surface area contributed by atoms with Crippen LogP contribution in [-0.4, -0.2) is 0 Å². The van der Waals surface area contributed by atoms with E-state index in [1.165, 1.54) is 60.4 Å². The third-order valence-corrected chi connectivity index (χ3v) is 9.84. The Hall–Kier alpha value is -1.72. The highest BCUT2D eigenvalue weighted by Crippen LogP contribution is 2.47. The number of benzene rings is 4. The van der Waals surface area contributed by atoms with Gasteiger partial charge in [-0.1, -0.05) is 60.7 Å². The van der Waals surface area contributed by atoms with E-state index in [-0.39, 0.29) is 0 Å². The number of halogens is 2. The van der Waals surface area contributed by atoms with Crippen molar-refractivity contribution in [1.82, 2.24) is 0 Å². The fourth-order valence-electron chi connectivity index (χ4n) is 3.93. The van der Waals surface area contributed by atoms with E-state index in [0.29, 0.717) is 0 Å². The zero-order chi connectivity index (χ0) is 18.8. The molecule has 2 heterocycles. The molecule has 0 saturated carbocycles. The summed E-state index contributed by atoms with van der Waals surface area (Å²) >= 11 is 11.5. The molecule has 2 aromatic heterocycles. The van der Waals surface area contributed by atoms with Crippen LogP contribution in [-0.2, 0) is 0 Å². The monoisotopic (exact) mass is 522 g/mol. The lowest BCUT2D eigenvalue weighted by molar-refractivity contribution is 1.66. The summed E-state index contributed by atoms with van der Waals surface area (Å²) in [4.78, 5) is 0. The lowest BCUT2D eigenvalue weighted by Gasteiger charge is -2.09. The number of fused-ring (bicyclic) bond motifs is 6. The SMILES string of the molecule is Brc1c(-c2ccc3c(sc4ccccc43)c2Br)ccc2c1sc1ccccc12. The Labute approximate surface area is 186 Å². The Morgan fingerprint density at radius 1 is 0.464 bits per heavy atom. The Balaban J connectivity index is 1.65. The fraction of sp³-hybridized carbons (Fsp3) is 0. The normalized spacial score (nSPS) is 11.9. The van der Waals surface area contributed by atoms with Crippen molar-refractivity contribution in [2.45, 2.75) is 0 Å². The first kappa shape index (κ1) is 17.2. The topological polar surface area (TPSA) is 0 Å². The van der Waals surface area contributed by atoms with Gasteiger partial charge in [0.05, 0.1) is 9.40 Å². The van der Waals surface area contributed by atoms with Crippen molar-refractivity contribution >= 4 is 94.9 Å². The molecule has 0 radical (unpaired) electrons. The Bertz CT molecular complexity index is 1420. The highest BCUT2D eigenvalue weighted by atomic mass is 79.9. The molecule has 0 aliphatic heterocycles. The van der Waals surface area contributed by atoms with E-state index in [2.05, 4.69) is 105 Å². The van der Waals surface area contributed by atoms with Gasteiger partial charge in [-0.15, -0.1) is 22.7 Å². The molecule has 0 atom stereocenters. The second-order valence-electron chi connectivity index (χ2n) is 6.80. The Kier molecular flexibility index (Phi) is 3.92. The molecule has 0 aliphatic carbocycles.